The average molecular weight is 926 g/mol. The van der Waals surface area contributed by atoms with E-state index in [0.717, 1.165) is 47.1 Å². The summed E-state index contributed by atoms with van der Waals surface area (Å²) >= 11 is 0. The van der Waals surface area contributed by atoms with Crippen LogP contribution in [0.4, 0.5) is 0 Å². The van der Waals surface area contributed by atoms with Crippen molar-refractivity contribution in [2.24, 2.45) is 73.1 Å². The normalized spacial score (nSPS) is 48.1. The number of nitrogens with zero attached hydrogens (tertiary/aromatic N) is 1. The molecule has 13 aliphatic rings. The minimum Gasteiger partial charge on any atom is -0.478 e. The number of aryl methyl sites for hydroxylation is 1. The fourth-order valence-electron chi connectivity index (χ4n) is 20.8. The van der Waals surface area contributed by atoms with Gasteiger partial charge in [-0.2, -0.15) is 0 Å². The van der Waals surface area contributed by atoms with Gasteiger partial charge in [-0.3, -0.25) is 9.59 Å². The number of carbonyl (C=O) groups excluding carboxylic acids is 2. The fourth-order valence-corrected chi connectivity index (χ4v) is 20.8. The predicted octanol–water partition coefficient (Wildman–Crippen LogP) is 7.44. The second-order valence-corrected chi connectivity index (χ2v) is 24.5. The monoisotopic (exact) mass is 925 g/mol. The molecule has 10 nitrogen and oxygen atoms in total. The van der Waals surface area contributed by atoms with Crippen LogP contribution in [0.15, 0.2) is 104 Å². The number of rotatable bonds is 3. The SMILES string of the molecule is C/C(C(=O)O)=C1/CC[C@]2(N=C(N)N)C=C[C@@]34[C@@H]5CCCC[C@@]36CC(=O)C3=C7[C@@]68CCC#CC[C@]6(C)C(=O)CC[C@@]3(C)[C@@H]6[C@@H](C3=Cc6ccccc6CC3)[C@]7(O)C=C3CC6=C(C(=CC6)[C@]1(O)[C@H]52)[C@@H]4[C@@]38O. The molecule has 14 rings (SSSR count). The van der Waals surface area contributed by atoms with E-state index in [0.29, 0.717) is 92.9 Å². The number of aliphatic imine (C=N–C) groups is 1. The third-order valence-electron chi connectivity index (χ3n) is 22.5. The van der Waals surface area contributed by atoms with Gasteiger partial charge in [0.2, 0.25) is 0 Å². The summed E-state index contributed by atoms with van der Waals surface area (Å²) in [5, 5.41) is 55.7. The van der Waals surface area contributed by atoms with Crippen LogP contribution in [0, 0.1) is 68.5 Å². The van der Waals surface area contributed by atoms with Crippen molar-refractivity contribution in [2.75, 3.05) is 0 Å². The number of hydrogen-bond donors (Lipinski definition) is 6. The van der Waals surface area contributed by atoms with Crippen LogP contribution in [0.5, 0.6) is 0 Å². The Hall–Kier alpha value is -5.08. The average Bonchev–Trinajstić information content (AvgIpc) is 3.69. The molecule has 10 heteroatoms. The number of benzene rings is 1. The van der Waals surface area contributed by atoms with Gasteiger partial charge < -0.3 is 31.9 Å². The van der Waals surface area contributed by atoms with Crippen molar-refractivity contribution in [3.05, 3.63) is 110 Å². The minimum atomic E-state index is -1.81. The zero-order valence-corrected chi connectivity index (χ0v) is 40.0. The first-order valence-electron chi connectivity index (χ1n) is 26.0. The number of nitrogens with two attached hydrogens (primary N) is 2. The zero-order valence-electron chi connectivity index (χ0n) is 40.0. The molecule has 13 aliphatic carbocycles. The summed E-state index contributed by atoms with van der Waals surface area (Å²) in [7, 11) is 0. The molecular weight excluding hydrogens is 863 g/mol. The Morgan fingerprint density at radius 1 is 0.913 bits per heavy atom. The van der Waals surface area contributed by atoms with Crippen LogP contribution in [0.25, 0.3) is 6.08 Å². The lowest BCUT2D eigenvalue weighted by Gasteiger charge is -2.71. The third-order valence-corrected chi connectivity index (χ3v) is 22.5. The molecule has 8 N–H and O–H groups in total. The maximum atomic E-state index is 16.6. The number of aliphatic hydroxyl groups is 3. The van der Waals surface area contributed by atoms with Crippen LogP contribution < -0.4 is 11.5 Å². The van der Waals surface area contributed by atoms with Gasteiger partial charge in [0.05, 0.1) is 5.54 Å². The van der Waals surface area contributed by atoms with Gasteiger partial charge in [-0.25, -0.2) is 9.79 Å². The summed E-state index contributed by atoms with van der Waals surface area (Å²) < 4.78 is 0. The first kappa shape index (κ1) is 42.8. The smallest absolute Gasteiger partial charge is 0.331 e. The van der Waals surface area contributed by atoms with Crippen LogP contribution in [0.3, 0.4) is 0 Å². The van der Waals surface area contributed by atoms with Gasteiger partial charge in [-0.1, -0.05) is 86.4 Å². The third kappa shape index (κ3) is 4.30. The summed E-state index contributed by atoms with van der Waals surface area (Å²) in [6, 6.07) is 8.45. The van der Waals surface area contributed by atoms with Crippen LogP contribution in [0.2, 0.25) is 0 Å². The van der Waals surface area contributed by atoms with E-state index >= 15 is 15.0 Å². The van der Waals surface area contributed by atoms with Gasteiger partial charge in [0.1, 0.15) is 22.6 Å². The Morgan fingerprint density at radius 3 is 2.52 bits per heavy atom. The zero-order chi connectivity index (χ0) is 47.8. The number of fused-ring (bicyclic) bond motifs is 2. The summed E-state index contributed by atoms with van der Waals surface area (Å²) in [5.74, 6) is 3.23. The van der Waals surface area contributed by atoms with E-state index in [9.17, 15) is 19.8 Å². The Bertz CT molecular complexity index is 3080. The molecule has 1 aromatic rings. The molecule has 0 radical (unpaired) electrons. The van der Waals surface area contributed by atoms with Gasteiger partial charge >= 0.3 is 5.97 Å². The number of Topliss-reactive ketones (excluding diaryl/α,β-unsaturated/α-hetero) is 2. The first-order chi connectivity index (χ1) is 32.9. The molecule has 1 aromatic carbocycles. The van der Waals surface area contributed by atoms with Gasteiger partial charge in [0.15, 0.2) is 11.7 Å². The van der Waals surface area contributed by atoms with Crippen molar-refractivity contribution in [3.8, 4) is 11.8 Å². The molecule has 3 spiro atoms. The Balaban J connectivity index is 1.17. The molecular formula is C59H63N3O7. The van der Waals surface area contributed by atoms with E-state index in [2.05, 4.69) is 74.3 Å². The number of aliphatic carboxylic acids is 1. The Kier molecular flexibility index (Phi) is 7.98. The van der Waals surface area contributed by atoms with Crippen LogP contribution in [-0.4, -0.2) is 66.3 Å². The van der Waals surface area contributed by atoms with Gasteiger partial charge in [0.25, 0.3) is 0 Å². The van der Waals surface area contributed by atoms with Crippen LogP contribution >= 0.6 is 0 Å². The summed E-state index contributed by atoms with van der Waals surface area (Å²) in [4.78, 5) is 49.9. The van der Waals surface area contributed by atoms with E-state index in [1.54, 1.807) is 6.92 Å². The van der Waals surface area contributed by atoms with E-state index in [-0.39, 0.29) is 35.9 Å². The second kappa shape index (κ2) is 12.9. The van der Waals surface area contributed by atoms with Crippen molar-refractivity contribution in [2.45, 2.75) is 146 Å². The Labute approximate surface area is 403 Å². The predicted molar refractivity (Wildman–Crippen MR) is 259 cm³/mol. The number of carboxylic acids is 1. The molecule has 0 saturated heterocycles. The van der Waals surface area contributed by atoms with E-state index in [4.69, 9.17) is 16.5 Å². The molecule has 5 fully saturated rings. The number of carboxylic acid groups (broad SMARTS) is 1. The molecule has 14 atom stereocenters. The maximum absolute atomic E-state index is 16.6. The van der Waals surface area contributed by atoms with Crippen LogP contribution in [-0.2, 0) is 20.8 Å². The van der Waals surface area contributed by atoms with Crippen LogP contribution in [0.1, 0.15) is 128 Å². The molecule has 5 saturated carbocycles. The number of guanidine groups is 1. The minimum absolute atomic E-state index is 0.00438. The van der Waals surface area contributed by atoms with Gasteiger partial charge in [-0.15, -0.1) is 11.8 Å². The van der Waals surface area contributed by atoms with Crippen molar-refractivity contribution in [1.29, 1.82) is 0 Å². The maximum Gasteiger partial charge on any atom is 0.331 e. The highest BCUT2D eigenvalue weighted by molar-refractivity contribution is 6.03. The topological polar surface area (TPSA) is 197 Å². The molecule has 0 heterocycles. The highest BCUT2D eigenvalue weighted by atomic mass is 16.4. The molecule has 0 aliphatic heterocycles. The lowest BCUT2D eigenvalue weighted by atomic mass is 9.32. The molecule has 0 unspecified atom stereocenters. The number of ketones is 2. The number of hydrogen-bond acceptors (Lipinski definition) is 7. The molecule has 8 bridgehead atoms. The Morgan fingerprint density at radius 2 is 1.72 bits per heavy atom. The molecule has 69 heavy (non-hydrogen) atoms. The van der Waals surface area contributed by atoms with Crippen molar-refractivity contribution >= 4 is 29.6 Å². The second-order valence-electron chi connectivity index (χ2n) is 24.5. The van der Waals surface area contributed by atoms with E-state index < -0.39 is 85.0 Å². The summed E-state index contributed by atoms with van der Waals surface area (Å²) in [5.41, 5.74) is 10.2. The highest BCUT2D eigenvalue weighted by Gasteiger charge is 2.92. The highest BCUT2D eigenvalue weighted by Crippen LogP contribution is 2.91. The molecule has 0 aromatic heterocycles. The molecule has 0 amide bonds. The fraction of sp³-hybridized carbons (Fsp3) is 0.559. The summed E-state index contributed by atoms with van der Waals surface area (Å²) in [6.07, 6.45) is 18.5. The van der Waals surface area contributed by atoms with Crippen molar-refractivity contribution < 1.29 is 34.8 Å². The van der Waals surface area contributed by atoms with Gasteiger partial charge in [0, 0.05) is 81.7 Å². The van der Waals surface area contributed by atoms with E-state index in [1.807, 2.05) is 6.08 Å². The van der Waals surface area contributed by atoms with Gasteiger partial charge in [-0.05, 0) is 128 Å². The van der Waals surface area contributed by atoms with Crippen molar-refractivity contribution in [1.82, 2.24) is 0 Å². The lowest BCUT2D eigenvalue weighted by molar-refractivity contribution is -0.178. The summed E-state index contributed by atoms with van der Waals surface area (Å²) in [6.45, 7) is 5.89. The number of carbonyl (C=O) groups is 3. The van der Waals surface area contributed by atoms with E-state index in [1.165, 1.54) is 5.56 Å². The lowest BCUT2D eigenvalue weighted by Crippen LogP contribution is -2.73. The number of allylic oxidation sites excluding steroid dienone is 4. The quantitative estimate of drug-likeness (QED) is 0.0587. The standard InChI is InChI=1S/C59H63N3O7/c1-31(49(65)66)37-18-24-53(62-50(60)61)25-26-55-39-13-7-10-21-54(55)30-40(63)44-48-56(67)29-36-28-34-16-17-38(58(37,68)45(39)53)42(34)46(55)59(36,69)57(48,54)22-9-4-8-20-51(2)41(64)19-23-52(44,3)47(51)43(56)35-15-14-32-11-5-6-12-33(32)27-35/h5-6,11-12,17,25-27,29,39,43,45-47,67-69H,7,9-10,13-16,18-24,28,30H2,1-3H3,(H,65,66)(H4,60,61,62)/b37-31+/t39-,43-,45-,46+,47-,51-,52-,53+,54-,55+,56-,57+,58+,59+/m1/s1. The molecule has 356 valence electrons. The largest absolute Gasteiger partial charge is 0.478 e. The van der Waals surface area contributed by atoms with Crippen molar-refractivity contribution in [3.63, 3.8) is 0 Å². The first-order valence-corrected chi connectivity index (χ1v) is 26.0.